The lowest BCUT2D eigenvalue weighted by molar-refractivity contribution is 0.411. The van der Waals surface area contributed by atoms with Gasteiger partial charge in [0.1, 0.15) is 6.26 Å². The summed E-state index contributed by atoms with van der Waals surface area (Å²) >= 11 is 0. The smallest absolute Gasteiger partial charge is 0.156 e. The molecular weight excluding hydrogens is 278 g/mol. The molecule has 2 aromatic heterocycles. The maximum atomic E-state index is 12.2. The van der Waals surface area contributed by atoms with Crippen molar-refractivity contribution in [3.05, 3.63) is 35.5 Å². The minimum atomic E-state index is -3.18. The Hall–Kier alpha value is -1.63. The number of aryl methyl sites for hydroxylation is 2. The monoisotopic (exact) mass is 295 g/mol. The Bertz CT molecular complexity index is 698. The van der Waals surface area contributed by atoms with Crippen LogP contribution in [0, 0.1) is 6.92 Å². The van der Waals surface area contributed by atoms with Crippen LogP contribution in [0.1, 0.15) is 35.6 Å². The average molecular weight is 295 g/mol. The van der Waals surface area contributed by atoms with E-state index in [0.717, 1.165) is 24.1 Å². The third-order valence-corrected chi connectivity index (χ3v) is 4.96. The molecular formula is C13H17N3O3S. The first-order valence-corrected chi connectivity index (χ1v) is 8.48. The predicted octanol–water partition coefficient (Wildman–Crippen LogP) is 1.67. The van der Waals surface area contributed by atoms with Crippen LogP contribution in [0.15, 0.2) is 23.2 Å². The molecule has 6 nitrogen and oxygen atoms in total. The van der Waals surface area contributed by atoms with Gasteiger partial charge in [0.15, 0.2) is 9.84 Å². The SMILES string of the molecule is Cc1cnn(CCS(=O)(=O)Cc2conc2C2CC2)c1. The molecule has 0 radical (unpaired) electrons. The minimum absolute atomic E-state index is 0.00256. The number of nitrogens with zero attached hydrogens (tertiary/aromatic N) is 3. The fourth-order valence-electron chi connectivity index (χ4n) is 2.20. The Kier molecular flexibility index (Phi) is 3.37. The summed E-state index contributed by atoms with van der Waals surface area (Å²) in [6, 6.07) is 0. The molecule has 1 aliphatic rings. The highest BCUT2D eigenvalue weighted by atomic mass is 32.2. The molecule has 2 heterocycles. The Labute approximate surface area is 117 Å². The number of hydrogen-bond acceptors (Lipinski definition) is 5. The van der Waals surface area contributed by atoms with Crippen LogP contribution in [0.25, 0.3) is 0 Å². The normalized spacial score (nSPS) is 15.7. The van der Waals surface area contributed by atoms with Gasteiger partial charge < -0.3 is 4.52 Å². The van der Waals surface area contributed by atoms with Gasteiger partial charge in [0.05, 0.1) is 29.9 Å². The second kappa shape index (κ2) is 5.05. The third-order valence-electron chi connectivity index (χ3n) is 3.41. The van der Waals surface area contributed by atoms with Crippen molar-refractivity contribution in [1.29, 1.82) is 0 Å². The van der Waals surface area contributed by atoms with Crippen LogP contribution in [0.4, 0.5) is 0 Å². The summed E-state index contributed by atoms with van der Waals surface area (Å²) in [7, 11) is -3.18. The van der Waals surface area contributed by atoms with Gasteiger partial charge in [-0.1, -0.05) is 5.16 Å². The molecule has 1 aliphatic carbocycles. The van der Waals surface area contributed by atoms with Gasteiger partial charge in [-0.15, -0.1) is 0 Å². The van der Waals surface area contributed by atoms with Crippen molar-refractivity contribution in [3.63, 3.8) is 0 Å². The van der Waals surface area contributed by atoms with Gasteiger partial charge in [-0.2, -0.15) is 5.10 Å². The van der Waals surface area contributed by atoms with E-state index in [0.29, 0.717) is 18.0 Å². The van der Waals surface area contributed by atoms with Crippen LogP contribution < -0.4 is 0 Å². The lowest BCUT2D eigenvalue weighted by Gasteiger charge is -2.04. The van der Waals surface area contributed by atoms with E-state index in [4.69, 9.17) is 4.52 Å². The lowest BCUT2D eigenvalue weighted by atomic mass is 10.2. The maximum Gasteiger partial charge on any atom is 0.156 e. The Balaban J connectivity index is 1.64. The van der Waals surface area contributed by atoms with Crippen molar-refractivity contribution >= 4 is 9.84 Å². The van der Waals surface area contributed by atoms with Crippen LogP contribution in [-0.2, 0) is 22.1 Å². The molecule has 0 amide bonds. The minimum Gasteiger partial charge on any atom is -0.364 e. The highest BCUT2D eigenvalue weighted by Crippen LogP contribution is 2.41. The molecule has 0 bridgehead atoms. The van der Waals surface area contributed by atoms with E-state index in [1.807, 2.05) is 13.1 Å². The van der Waals surface area contributed by atoms with Gasteiger partial charge in [0.2, 0.25) is 0 Å². The maximum absolute atomic E-state index is 12.2. The van der Waals surface area contributed by atoms with Crippen LogP contribution in [0.3, 0.4) is 0 Å². The molecule has 0 saturated heterocycles. The molecule has 0 atom stereocenters. The van der Waals surface area contributed by atoms with Crippen molar-refractivity contribution < 1.29 is 12.9 Å². The molecule has 2 aromatic rings. The van der Waals surface area contributed by atoms with E-state index in [-0.39, 0.29) is 11.5 Å². The molecule has 20 heavy (non-hydrogen) atoms. The van der Waals surface area contributed by atoms with E-state index in [1.165, 1.54) is 6.26 Å². The second-order valence-corrected chi connectivity index (χ2v) is 7.56. The first-order chi connectivity index (χ1) is 9.53. The van der Waals surface area contributed by atoms with E-state index in [2.05, 4.69) is 10.3 Å². The van der Waals surface area contributed by atoms with Crippen molar-refractivity contribution in [2.75, 3.05) is 5.75 Å². The standard InChI is InChI=1S/C13H17N3O3S/c1-10-6-14-16(7-10)4-5-20(17,18)9-12-8-19-15-13(12)11-2-3-11/h6-8,11H,2-5,9H2,1H3. The number of rotatable bonds is 6. The lowest BCUT2D eigenvalue weighted by Crippen LogP contribution is -2.15. The molecule has 1 saturated carbocycles. The van der Waals surface area contributed by atoms with Gasteiger partial charge >= 0.3 is 0 Å². The van der Waals surface area contributed by atoms with Gasteiger partial charge in [0.25, 0.3) is 0 Å². The number of hydrogen-bond donors (Lipinski definition) is 0. The van der Waals surface area contributed by atoms with Crippen LogP contribution in [-0.4, -0.2) is 29.1 Å². The third kappa shape index (κ3) is 3.09. The fraction of sp³-hybridized carbons (Fsp3) is 0.538. The first-order valence-electron chi connectivity index (χ1n) is 6.66. The average Bonchev–Trinajstić information content (AvgIpc) is 2.99. The van der Waals surface area contributed by atoms with Crippen LogP contribution in [0.2, 0.25) is 0 Å². The summed E-state index contributed by atoms with van der Waals surface area (Å²) in [5.74, 6) is 0.471. The van der Waals surface area contributed by atoms with Gasteiger partial charge in [-0.05, 0) is 25.3 Å². The number of sulfone groups is 1. The Morgan fingerprint density at radius 1 is 1.45 bits per heavy atom. The van der Waals surface area contributed by atoms with Gasteiger partial charge in [0, 0.05) is 17.7 Å². The summed E-state index contributed by atoms with van der Waals surface area (Å²) in [5, 5.41) is 8.02. The van der Waals surface area contributed by atoms with Crippen LogP contribution >= 0.6 is 0 Å². The van der Waals surface area contributed by atoms with Crippen LogP contribution in [0.5, 0.6) is 0 Å². The Morgan fingerprint density at radius 2 is 2.25 bits per heavy atom. The molecule has 7 heteroatoms. The van der Waals surface area contributed by atoms with Gasteiger partial charge in [-0.25, -0.2) is 8.42 Å². The van der Waals surface area contributed by atoms with Crippen molar-refractivity contribution in [2.24, 2.45) is 0 Å². The zero-order valence-electron chi connectivity index (χ0n) is 11.3. The quantitative estimate of drug-likeness (QED) is 0.810. The molecule has 0 N–H and O–H groups in total. The molecule has 0 aromatic carbocycles. The fourth-order valence-corrected chi connectivity index (χ4v) is 3.50. The zero-order chi connectivity index (χ0) is 14.2. The molecule has 1 fully saturated rings. The zero-order valence-corrected chi connectivity index (χ0v) is 12.1. The van der Waals surface area contributed by atoms with Gasteiger partial charge in [-0.3, -0.25) is 4.68 Å². The van der Waals surface area contributed by atoms with E-state index >= 15 is 0 Å². The van der Waals surface area contributed by atoms with E-state index in [9.17, 15) is 8.42 Å². The van der Waals surface area contributed by atoms with Crippen molar-refractivity contribution in [1.82, 2.24) is 14.9 Å². The largest absolute Gasteiger partial charge is 0.364 e. The van der Waals surface area contributed by atoms with E-state index in [1.54, 1.807) is 10.9 Å². The summed E-state index contributed by atoms with van der Waals surface area (Å²) in [4.78, 5) is 0. The number of aromatic nitrogens is 3. The highest BCUT2D eigenvalue weighted by molar-refractivity contribution is 7.90. The molecule has 108 valence electrons. The molecule has 3 rings (SSSR count). The first kappa shape index (κ1) is 13.4. The molecule has 0 spiro atoms. The molecule has 0 aliphatic heterocycles. The van der Waals surface area contributed by atoms with Crippen molar-refractivity contribution in [2.45, 2.75) is 38.0 Å². The second-order valence-electron chi connectivity index (χ2n) is 5.37. The van der Waals surface area contributed by atoms with E-state index < -0.39 is 9.84 Å². The molecule has 0 unspecified atom stereocenters. The summed E-state index contributed by atoms with van der Waals surface area (Å²) in [6.07, 6.45) is 7.17. The highest BCUT2D eigenvalue weighted by Gasteiger charge is 2.30. The predicted molar refractivity (Wildman–Crippen MR) is 72.9 cm³/mol. The van der Waals surface area contributed by atoms with Crippen molar-refractivity contribution in [3.8, 4) is 0 Å². The summed E-state index contributed by atoms with van der Waals surface area (Å²) in [5.41, 5.74) is 2.56. The Morgan fingerprint density at radius 3 is 2.90 bits per heavy atom. The topological polar surface area (TPSA) is 78.0 Å². The summed E-state index contributed by atoms with van der Waals surface area (Å²) < 4.78 is 30.9. The summed E-state index contributed by atoms with van der Waals surface area (Å²) in [6.45, 7) is 2.30.